The van der Waals surface area contributed by atoms with Crippen LogP contribution in [0.1, 0.15) is 16.7 Å². The van der Waals surface area contributed by atoms with E-state index in [1.807, 2.05) is 18.2 Å². The van der Waals surface area contributed by atoms with Crippen LogP contribution in [0, 0.1) is 5.82 Å². The van der Waals surface area contributed by atoms with Crippen molar-refractivity contribution in [1.29, 1.82) is 0 Å². The summed E-state index contributed by atoms with van der Waals surface area (Å²) in [6.07, 6.45) is 1.33. The molecule has 4 aromatic rings. The van der Waals surface area contributed by atoms with Crippen LogP contribution < -0.4 is 19.7 Å². The Kier molecular flexibility index (Phi) is 8.47. The number of hydrogen-bond acceptors (Lipinski definition) is 5. The molecule has 1 heterocycles. The minimum Gasteiger partial charge on any atom is -0.489 e. The molecule has 206 valence electrons. The van der Waals surface area contributed by atoms with Gasteiger partial charge in [0, 0.05) is 26.2 Å². The molecule has 0 bridgehead atoms. The average Bonchev–Trinajstić information content (AvgIpc) is 2.96. The van der Waals surface area contributed by atoms with Crippen molar-refractivity contribution in [3.63, 3.8) is 0 Å². The molecule has 0 aliphatic carbocycles. The molecular weight excluding hydrogens is 615 g/mol. The van der Waals surface area contributed by atoms with Crippen molar-refractivity contribution in [3.8, 4) is 11.5 Å². The first-order valence-corrected chi connectivity index (χ1v) is 13.5. The number of benzene rings is 4. The van der Waals surface area contributed by atoms with E-state index in [1.54, 1.807) is 54.6 Å². The fraction of sp³-hybridized carbons (Fsp3) is 0.0645. The number of carbonyl (C=O) groups is 3. The second kappa shape index (κ2) is 12.4. The van der Waals surface area contributed by atoms with Gasteiger partial charge in [0.2, 0.25) is 0 Å². The third kappa shape index (κ3) is 6.48. The molecule has 0 radical (unpaired) electrons. The summed E-state index contributed by atoms with van der Waals surface area (Å²) in [7, 11) is 0. The van der Waals surface area contributed by atoms with Crippen LogP contribution in [0.4, 0.5) is 14.9 Å². The highest BCUT2D eigenvalue weighted by Gasteiger charge is 2.37. The molecule has 41 heavy (non-hydrogen) atoms. The first kappa shape index (κ1) is 28.1. The molecule has 0 atom stereocenters. The van der Waals surface area contributed by atoms with Gasteiger partial charge >= 0.3 is 6.03 Å². The number of amides is 4. The number of nitrogens with one attached hydrogen (secondary N) is 1. The molecular formula is C31H21BrClFN2O5. The zero-order chi connectivity index (χ0) is 28.9. The quantitative estimate of drug-likeness (QED) is 0.165. The van der Waals surface area contributed by atoms with Gasteiger partial charge in [-0.15, -0.1) is 0 Å². The Morgan fingerprint density at radius 1 is 0.854 bits per heavy atom. The number of nitrogens with zero attached hydrogens (tertiary/aromatic N) is 1. The van der Waals surface area contributed by atoms with Gasteiger partial charge in [-0.1, -0.05) is 63.9 Å². The zero-order valence-electron chi connectivity index (χ0n) is 21.3. The number of imide groups is 2. The van der Waals surface area contributed by atoms with Gasteiger partial charge in [0.1, 0.15) is 36.1 Å². The number of urea groups is 1. The number of rotatable bonds is 8. The highest BCUT2D eigenvalue weighted by Crippen LogP contribution is 2.30. The average molecular weight is 636 g/mol. The molecule has 1 aliphatic rings. The van der Waals surface area contributed by atoms with E-state index in [2.05, 4.69) is 21.2 Å². The molecule has 0 aromatic heterocycles. The van der Waals surface area contributed by atoms with Gasteiger partial charge in [0.05, 0.1) is 5.69 Å². The second-order valence-electron chi connectivity index (χ2n) is 8.89. The summed E-state index contributed by atoms with van der Waals surface area (Å²) >= 11 is 9.56. The molecule has 0 spiro atoms. The van der Waals surface area contributed by atoms with Crippen LogP contribution in [0.25, 0.3) is 6.08 Å². The van der Waals surface area contributed by atoms with E-state index in [0.29, 0.717) is 32.1 Å². The number of barbiturate groups is 1. The van der Waals surface area contributed by atoms with Gasteiger partial charge in [-0.25, -0.2) is 14.1 Å². The Morgan fingerprint density at radius 2 is 1.54 bits per heavy atom. The highest BCUT2D eigenvalue weighted by atomic mass is 79.9. The van der Waals surface area contributed by atoms with Gasteiger partial charge in [-0.05, 0) is 60.7 Å². The summed E-state index contributed by atoms with van der Waals surface area (Å²) in [5, 5.41) is 2.79. The van der Waals surface area contributed by atoms with Crippen LogP contribution in [-0.4, -0.2) is 17.8 Å². The van der Waals surface area contributed by atoms with Crippen LogP contribution in [0.3, 0.4) is 0 Å². The minimum absolute atomic E-state index is 0.0693. The standard InChI is InChI=1S/C31H21BrClFN2O5/c32-22-9-14-28(41-18-20-6-2-4-8-27(20)34)21(15-22)16-25-29(37)35-31(39)36(30(25)38)23-10-12-24(13-11-23)40-17-19-5-1-3-7-26(19)33/h1-16H,17-18H2,(H,35,37,39)/b25-16+. The summed E-state index contributed by atoms with van der Waals surface area (Å²) in [6, 6.07) is 23.9. The van der Waals surface area contributed by atoms with E-state index in [0.717, 1.165) is 10.5 Å². The van der Waals surface area contributed by atoms with Crippen LogP contribution >= 0.6 is 27.5 Å². The van der Waals surface area contributed by atoms with Gasteiger partial charge in [0.15, 0.2) is 0 Å². The maximum Gasteiger partial charge on any atom is 0.335 e. The lowest BCUT2D eigenvalue weighted by Gasteiger charge is -2.26. The molecule has 7 nitrogen and oxygen atoms in total. The lowest BCUT2D eigenvalue weighted by molar-refractivity contribution is -0.122. The van der Waals surface area contributed by atoms with E-state index in [4.69, 9.17) is 21.1 Å². The van der Waals surface area contributed by atoms with E-state index in [1.165, 1.54) is 24.3 Å². The molecule has 4 aromatic carbocycles. The van der Waals surface area contributed by atoms with E-state index in [-0.39, 0.29) is 24.5 Å². The molecule has 1 aliphatic heterocycles. The minimum atomic E-state index is -0.882. The fourth-order valence-corrected chi connectivity index (χ4v) is 4.62. The van der Waals surface area contributed by atoms with Gasteiger partial charge < -0.3 is 9.47 Å². The van der Waals surface area contributed by atoms with Crippen LogP contribution in [0.5, 0.6) is 11.5 Å². The molecule has 0 unspecified atom stereocenters. The van der Waals surface area contributed by atoms with E-state index in [9.17, 15) is 18.8 Å². The number of ether oxygens (including phenoxy) is 2. The molecule has 0 saturated carbocycles. The summed E-state index contributed by atoms with van der Waals surface area (Å²) in [6.45, 7) is 0.164. The van der Waals surface area contributed by atoms with E-state index < -0.39 is 23.7 Å². The topological polar surface area (TPSA) is 84.9 Å². The van der Waals surface area contributed by atoms with Crippen molar-refractivity contribution < 1.29 is 28.2 Å². The number of anilines is 1. The highest BCUT2D eigenvalue weighted by molar-refractivity contribution is 9.10. The first-order chi connectivity index (χ1) is 19.8. The molecule has 4 amide bonds. The SMILES string of the molecule is O=C1NC(=O)N(c2ccc(OCc3ccccc3Cl)cc2)C(=O)/C1=C/c1cc(Br)ccc1OCc1ccccc1F. The van der Waals surface area contributed by atoms with Crippen molar-refractivity contribution in [2.75, 3.05) is 4.90 Å². The fourth-order valence-electron chi connectivity index (χ4n) is 4.05. The second-order valence-corrected chi connectivity index (χ2v) is 10.2. The Labute approximate surface area is 248 Å². The molecule has 1 saturated heterocycles. The summed E-state index contributed by atoms with van der Waals surface area (Å²) in [5.41, 5.74) is 1.49. The largest absolute Gasteiger partial charge is 0.489 e. The third-order valence-electron chi connectivity index (χ3n) is 6.16. The summed E-state index contributed by atoms with van der Waals surface area (Å²) in [4.78, 5) is 39.7. The number of hydrogen-bond donors (Lipinski definition) is 1. The van der Waals surface area contributed by atoms with Crippen molar-refractivity contribution in [3.05, 3.63) is 129 Å². The van der Waals surface area contributed by atoms with Crippen molar-refractivity contribution in [2.24, 2.45) is 0 Å². The lowest BCUT2D eigenvalue weighted by Crippen LogP contribution is -2.54. The maximum atomic E-state index is 14.1. The summed E-state index contributed by atoms with van der Waals surface area (Å²) < 4.78 is 26.4. The van der Waals surface area contributed by atoms with Crippen LogP contribution in [0.15, 0.2) is 101 Å². The molecule has 10 heteroatoms. The van der Waals surface area contributed by atoms with E-state index >= 15 is 0 Å². The van der Waals surface area contributed by atoms with Crippen molar-refractivity contribution in [2.45, 2.75) is 13.2 Å². The van der Waals surface area contributed by atoms with Crippen molar-refractivity contribution in [1.82, 2.24) is 5.32 Å². The van der Waals surface area contributed by atoms with Gasteiger partial charge in [-0.3, -0.25) is 14.9 Å². The smallest absolute Gasteiger partial charge is 0.335 e. The summed E-state index contributed by atoms with van der Waals surface area (Å²) in [5.74, 6) is -1.27. The third-order valence-corrected chi connectivity index (χ3v) is 7.02. The number of halogens is 3. The normalized spacial score (nSPS) is 14.3. The Bertz CT molecular complexity index is 1680. The predicted octanol–water partition coefficient (Wildman–Crippen LogP) is 7.07. The molecule has 1 N–H and O–H groups in total. The van der Waals surface area contributed by atoms with Crippen LogP contribution in [-0.2, 0) is 22.8 Å². The Morgan fingerprint density at radius 3 is 2.27 bits per heavy atom. The lowest BCUT2D eigenvalue weighted by atomic mass is 10.1. The zero-order valence-corrected chi connectivity index (χ0v) is 23.6. The van der Waals surface area contributed by atoms with Crippen LogP contribution in [0.2, 0.25) is 5.02 Å². The Balaban J connectivity index is 1.37. The van der Waals surface area contributed by atoms with Crippen molar-refractivity contribution >= 4 is 57.1 Å². The maximum absolute atomic E-state index is 14.1. The predicted molar refractivity (Wildman–Crippen MR) is 156 cm³/mol. The molecule has 5 rings (SSSR count). The monoisotopic (exact) mass is 634 g/mol. The number of carbonyl (C=O) groups excluding carboxylic acids is 3. The first-order valence-electron chi connectivity index (χ1n) is 12.3. The van der Waals surface area contributed by atoms with Gasteiger partial charge in [0.25, 0.3) is 11.8 Å². The Hall–Kier alpha value is -4.47. The van der Waals surface area contributed by atoms with Gasteiger partial charge in [-0.2, -0.15) is 0 Å². The molecule has 1 fully saturated rings.